The quantitative estimate of drug-likeness (QED) is 0.539. The number of fused-ring (bicyclic) bond motifs is 1. The SMILES string of the molecule is O=C1c2ccccc2C(=O)N1OS(=O)(=O)c1cc(C(F)(F)F)cc(C(F)(F)F)c1. The summed E-state index contributed by atoms with van der Waals surface area (Å²) in [5.41, 5.74) is -4.30. The molecule has 0 spiro atoms. The number of rotatable bonds is 3. The van der Waals surface area contributed by atoms with Gasteiger partial charge in [0.1, 0.15) is 0 Å². The van der Waals surface area contributed by atoms with E-state index in [0.29, 0.717) is 0 Å². The van der Waals surface area contributed by atoms with Crippen molar-refractivity contribution in [3.63, 3.8) is 0 Å². The van der Waals surface area contributed by atoms with Gasteiger partial charge < -0.3 is 0 Å². The summed E-state index contributed by atoms with van der Waals surface area (Å²) in [5, 5.41) is -0.243. The molecule has 29 heavy (non-hydrogen) atoms. The first-order valence-electron chi connectivity index (χ1n) is 7.44. The van der Waals surface area contributed by atoms with Crippen molar-refractivity contribution in [2.45, 2.75) is 17.2 Å². The largest absolute Gasteiger partial charge is 0.416 e. The molecule has 0 fully saturated rings. The second kappa shape index (κ2) is 6.56. The Bertz CT molecular complexity index is 1060. The first-order valence-corrected chi connectivity index (χ1v) is 8.84. The zero-order valence-electron chi connectivity index (χ0n) is 13.7. The average Bonchev–Trinajstić information content (AvgIpc) is 2.85. The molecule has 0 N–H and O–H groups in total. The lowest BCUT2D eigenvalue weighted by Gasteiger charge is -2.16. The molecule has 0 unspecified atom stereocenters. The predicted molar refractivity (Wildman–Crippen MR) is 81.7 cm³/mol. The highest BCUT2D eigenvalue weighted by Gasteiger charge is 2.42. The number of carbonyl (C=O) groups excluding carboxylic acids is 2. The number of carbonyl (C=O) groups is 2. The third kappa shape index (κ3) is 3.82. The fourth-order valence-electron chi connectivity index (χ4n) is 2.45. The molecule has 3 rings (SSSR count). The van der Waals surface area contributed by atoms with Gasteiger partial charge in [-0.3, -0.25) is 9.59 Å². The highest BCUT2D eigenvalue weighted by molar-refractivity contribution is 7.86. The molecular formula is C16H7F6NO5S. The van der Waals surface area contributed by atoms with Gasteiger partial charge in [-0.1, -0.05) is 12.1 Å². The predicted octanol–water partition coefficient (Wildman–Crippen LogP) is 3.64. The molecule has 0 saturated carbocycles. The van der Waals surface area contributed by atoms with E-state index in [2.05, 4.69) is 4.28 Å². The molecule has 1 heterocycles. The summed E-state index contributed by atoms with van der Waals surface area (Å²) in [6.07, 6.45) is -10.6. The second-order valence-corrected chi connectivity index (χ2v) is 7.25. The van der Waals surface area contributed by atoms with Gasteiger partial charge in [-0.25, -0.2) is 0 Å². The van der Waals surface area contributed by atoms with Gasteiger partial charge in [0.15, 0.2) is 0 Å². The Morgan fingerprint density at radius 1 is 0.759 bits per heavy atom. The maximum atomic E-state index is 12.9. The van der Waals surface area contributed by atoms with Gasteiger partial charge in [-0.15, -0.1) is 9.35 Å². The number of hydroxylamine groups is 2. The lowest BCUT2D eigenvalue weighted by atomic mass is 10.1. The van der Waals surface area contributed by atoms with E-state index in [1.165, 1.54) is 12.1 Å². The molecule has 2 aromatic carbocycles. The van der Waals surface area contributed by atoms with Crippen LogP contribution in [0.1, 0.15) is 31.8 Å². The molecule has 0 aromatic heterocycles. The third-order valence-corrected chi connectivity index (χ3v) is 4.94. The van der Waals surface area contributed by atoms with Crippen molar-refractivity contribution in [1.82, 2.24) is 5.06 Å². The molecule has 13 heteroatoms. The van der Waals surface area contributed by atoms with Crippen LogP contribution in [0.4, 0.5) is 26.3 Å². The van der Waals surface area contributed by atoms with Gasteiger partial charge in [0.2, 0.25) is 0 Å². The van der Waals surface area contributed by atoms with E-state index in [-0.39, 0.29) is 34.4 Å². The Kier molecular flexibility index (Phi) is 4.70. The number of nitrogens with zero attached hydrogens (tertiary/aromatic N) is 1. The fraction of sp³-hybridized carbons (Fsp3) is 0.125. The van der Waals surface area contributed by atoms with Gasteiger partial charge >= 0.3 is 22.5 Å². The van der Waals surface area contributed by atoms with Crippen LogP contribution in [-0.4, -0.2) is 25.3 Å². The average molecular weight is 439 g/mol. The van der Waals surface area contributed by atoms with E-state index in [1.807, 2.05) is 0 Å². The lowest BCUT2D eigenvalue weighted by Crippen LogP contribution is -2.33. The van der Waals surface area contributed by atoms with Crippen LogP contribution in [0, 0.1) is 0 Å². The van der Waals surface area contributed by atoms with Gasteiger partial charge in [0, 0.05) is 0 Å². The van der Waals surface area contributed by atoms with E-state index in [0.717, 1.165) is 12.1 Å². The highest BCUT2D eigenvalue weighted by atomic mass is 32.2. The summed E-state index contributed by atoms with van der Waals surface area (Å²) in [5.74, 6) is -2.48. The number of amides is 2. The Morgan fingerprint density at radius 3 is 1.55 bits per heavy atom. The summed E-state index contributed by atoms with van der Waals surface area (Å²) < 4.78 is 106. The molecule has 2 aromatic rings. The first kappa shape index (κ1) is 20.8. The topological polar surface area (TPSA) is 80.8 Å². The zero-order chi connectivity index (χ0) is 21.8. The zero-order valence-corrected chi connectivity index (χ0v) is 14.5. The number of halogens is 6. The summed E-state index contributed by atoms with van der Waals surface area (Å²) in [6.45, 7) is 0. The van der Waals surface area contributed by atoms with Crippen LogP contribution in [0.15, 0.2) is 47.4 Å². The van der Waals surface area contributed by atoms with Gasteiger partial charge in [0.25, 0.3) is 11.8 Å². The van der Waals surface area contributed by atoms with E-state index >= 15 is 0 Å². The van der Waals surface area contributed by atoms with Crippen molar-refractivity contribution in [3.8, 4) is 0 Å². The lowest BCUT2D eigenvalue weighted by molar-refractivity contribution is -0.143. The smallest absolute Gasteiger partial charge is 0.266 e. The van der Waals surface area contributed by atoms with E-state index in [4.69, 9.17) is 0 Å². The van der Waals surface area contributed by atoms with Crippen molar-refractivity contribution in [3.05, 3.63) is 64.7 Å². The molecule has 2 amide bonds. The van der Waals surface area contributed by atoms with E-state index in [1.54, 1.807) is 0 Å². The van der Waals surface area contributed by atoms with Gasteiger partial charge in [-0.05, 0) is 30.3 Å². The number of hydrogen-bond acceptors (Lipinski definition) is 5. The van der Waals surface area contributed by atoms with Gasteiger partial charge in [-0.2, -0.15) is 34.8 Å². The van der Waals surface area contributed by atoms with Crippen molar-refractivity contribution in [2.75, 3.05) is 0 Å². The molecular weight excluding hydrogens is 432 g/mol. The van der Waals surface area contributed by atoms with Crippen molar-refractivity contribution < 1.29 is 48.6 Å². The molecule has 0 radical (unpaired) electrons. The van der Waals surface area contributed by atoms with Crippen LogP contribution in [0.5, 0.6) is 0 Å². The number of imide groups is 1. The maximum absolute atomic E-state index is 12.9. The minimum absolute atomic E-state index is 0.0945. The van der Waals surface area contributed by atoms with Crippen molar-refractivity contribution in [1.29, 1.82) is 0 Å². The Morgan fingerprint density at radius 2 is 1.17 bits per heavy atom. The highest BCUT2D eigenvalue weighted by Crippen LogP contribution is 2.38. The molecule has 0 atom stereocenters. The Labute approximate surface area is 158 Å². The Hall–Kier alpha value is -2.93. The minimum Gasteiger partial charge on any atom is -0.266 e. The van der Waals surface area contributed by atoms with Crippen LogP contribution in [0.2, 0.25) is 0 Å². The molecule has 0 bridgehead atoms. The van der Waals surface area contributed by atoms with Crippen molar-refractivity contribution in [2.24, 2.45) is 0 Å². The standard InChI is InChI=1S/C16H7F6NO5S/c17-15(18,19)8-5-9(16(20,21)22)7-10(6-8)29(26,27)28-23-13(24)11-3-1-2-4-12(11)14(23)25/h1-7H. The number of benzene rings is 2. The van der Waals surface area contributed by atoms with Gasteiger partial charge in [0.05, 0.1) is 27.1 Å². The number of hydrogen-bond donors (Lipinski definition) is 0. The number of alkyl halides is 6. The molecule has 6 nitrogen and oxygen atoms in total. The van der Waals surface area contributed by atoms with Crippen LogP contribution in [0.3, 0.4) is 0 Å². The normalized spacial score (nSPS) is 15.0. The summed E-state index contributed by atoms with van der Waals surface area (Å²) in [4.78, 5) is 22.7. The molecule has 0 saturated heterocycles. The van der Waals surface area contributed by atoms with Crippen LogP contribution in [0.25, 0.3) is 0 Å². The molecule has 154 valence electrons. The summed E-state index contributed by atoms with van der Waals surface area (Å²) in [7, 11) is -5.41. The molecule has 1 aliphatic rings. The first-order chi connectivity index (χ1) is 13.2. The van der Waals surface area contributed by atoms with Crippen molar-refractivity contribution >= 4 is 21.9 Å². The molecule has 0 aliphatic carbocycles. The van der Waals surface area contributed by atoms with Crippen LogP contribution >= 0.6 is 0 Å². The Balaban J connectivity index is 2.05. The third-order valence-electron chi connectivity index (χ3n) is 3.78. The summed E-state index contributed by atoms with van der Waals surface area (Å²) >= 11 is 0. The summed E-state index contributed by atoms with van der Waals surface area (Å²) in [6, 6.07) is 4.57. The maximum Gasteiger partial charge on any atom is 0.416 e. The van der Waals surface area contributed by atoms with E-state index < -0.39 is 50.3 Å². The molecule has 1 aliphatic heterocycles. The monoisotopic (exact) mass is 439 g/mol. The van der Waals surface area contributed by atoms with Crippen LogP contribution < -0.4 is 0 Å². The van der Waals surface area contributed by atoms with E-state index in [9.17, 15) is 44.3 Å². The van der Waals surface area contributed by atoms with Crippen LogP contribution in [-0.2, 0) is 26.8 Å². The fourth-order valence-corrected chi connectivity index (χ4v) is 3.41. The second-order valence-electron chi connectivity index (χ2n) is 5.72. The minimum atomic E-state index is -5.41.